The zero-order valence-corrected chi connectivity index (χ0v) is 9.33. The summed E-state index contributed by atoms with van der Waals surface area (Å²) in [5, 5.41) is 0. The van der Waals surface area contributed by atoms with E-state index in [0.29, 0.717) is 0 Å². The molecule has 0 radical (unpaired) electrons. The van der Waals surface area contributed by atoms with Gasteiger partial charge in [-0.05, 0) is 34.6 Å². The summed E-state index contributed by atoms with van der Waals surface area (Å²) >= 11 is 0. The molecule has 78 valence electrons. The molecule has 2 aromatic rings. The third kappa shape index (κ3) is 1.42. The lowest BCUT2D eigenvalue weighted by Crippen LogP contribution is -1.77. The van der Waals surface area contributed by atoms with E-state index in [0.717, 1.165) is 5.57 Å². The van der Waals surface area contributed by atoms with Gasteiger partial charge in [0.05, 0.1) is 0 Å². The van der Waals surface area contributed by atoms with Crippen molar-refractivity contribution in [2.75, 3.05) is 0 Å². The molecular formula is C17H10. The summed E-state index contributed by atoms with van der Waals surface area (Å²) in [5.41, 5.74) is 14.6. The van der Waals surface area contributed by atoms with E-state index in [1.807, 2.05) is 12.1 Å². The van der Waals surface area contributed by atoms with E-state index in [2.05, 4.69) is 60.2 Å². The third-order valence-electron chi connectivity index (χ3n) is 2.96. The standard InChI is InChI=1S/C17H10/c1-2-3-8-13-14-9-4-6-11-16(14)17-12-7-5-10-15(13)17/h4-7,9-12H,1H2. The molecule has 0 aromatic heterocycles. The minimum Gasteiger partial charge on any atom is -0.0693 e. The van der Waals surface area contributed by atoms with E-state index in [9.17, 15) is 0 Å². The molecule has 0 unspecified atom stereocenters. The number of rotatable bonds is 0. The van der Waals surface area contributed by atoms with Crippen LogP contribution in [0.15, 0.2) is 72.3 Å². The van der Waals surface area contributed by atoms with Crippen molar-refractivity contribution < 1.29 is 0 Å². The fraction of sp³-hybridized carbons (Fsp3) is 0. The van der Waals surface area contributed by atoms with Gasteiger partial charge in [0.1, 0.15) is 0 Å². The van der Waals surface area contributed by atoms with Gasteiger partial charge < -0.3 is 0 Å². The Morgan fingerprint density at radius 1 is 0.706 bits per heavy atom. The first-order chi connectivity index (χ1) is 8.42. The van der Waals surface area contributed by atoms with Crippen LogP contribution < -0.4 is 0 Å². The molecular weight excluding hydrogens is 204 g/mol. The van der Waals surface area contributed by atoms with Crippen molar-refractivity contribution in [3.8, 4) is 11.1 Å². The zero-order valence-electron chi connectivity index (χ0n) is 9.33. The summed E-state index contributed by atoms with van der Waals surface area (Å²) in [6, 6.07) is 16.7. The Kier molecular flexibility index (Phi) is 2.19. The first kappa shape index (κ1) is 9.73. The highest BCUT2D eigenvalue weighted by Gasteiger charge is 2.21. The van der Waals surface area contributed by atoms with Crippen molar-refractivity contribution in [2.45, 2.75) is 0 Å². The van der Waals surface area contributed by atoms with E-state index in [-0.39, 0.29) is 0 Å². The number of hydrogen-bond acceptors (Lipinski definition) is 0. The van der Waals surface area contributed by atoms with Gasteiger partial charge in [0.15, 0.2) is 0 Å². The molecule has 0 aliphatic heterocycles. The highest BCUT2D eigenvalue weighted by molar-refractivity contribution is 6.00. The maximum Gasteiger partial charge on any atom is 0.0412 e. The molecule has 17 heavy (non-hydrogen) atoms. The summed E-state index contributed by atoms with van der Waals surface area (Å²) in [4.78, 5) is 0. The van der Waals surface area contributed by atoms with Gasteiger partial charge >= 0.3 is 0 Å². The topological polar surface area (TPSA) is 0 Å². The molecule has 0 N–H and O–H groups in total. The first-order valence-corrected chi connectivity index (χ1v) is 5.51. The monoisotopic (exact) mass is 214 g/mol. The lowest BCUT2D eigenvalue weighted by atomic mass is 10.1. The average Bonchev–Trinajstić information content (AvgIpc) is 2.71. The molecule has 1 aliphatic rings. The second kappa shape index (κ2) is 3.83. The van der Waals surface area contributed by atoms with Crippen molar-refractivity contribution in [3.63, 3.8) is 0 Å². The van der Waals surface area contributed by atoms with E-state index in [4.69, 9.17) is 0 Å². The highest BCUT2D eigenvalue weighted by Crippen LogP contribution is 2.42. The molecule has 0 saturated carbocycles. The van der Waals surface area contributed by atoms with Gasteiger partial charge in [0.25, 0.3) is 0 Å². The molecule has 3 rings (SSSR count). The van der Waals surface area contributed by atoms with E-state index in [1.54, 1.807) is 0 Å². The Morgan fingerprint density at radius 2 is 1.18 bits per heavy atom. The zero-order chi connectivity index (χ0) is 11.7. The van der Waals surface area contributed by atoms with Crippen molar-refractivity contribution >= 4 is 5.57 Å². The van der Waals surface area contributed by atoms with Crippen LogP contribution in [0.25, 0.3) is 16.7 Å². The molecule has 0 heterocycles. The van der Waals surface area contributed by atoms with Gasteiger partial charge in [-0.25, -0.2) is 0 Å². The predicted octanol–water partition coefficient (Wildman–Crippen LogP) is 4.19. The fourth-order valence-corrected chi connectivity index (χ4v) is 2.26. The molecule has 0 fully saturated rings. The van der Waals surface area contributed by atoms with E-state index in [1.165, 1.54) is 22.3 Å². The van der Waals surface area contributed by atoms with Crippen LogP contribution in [-0.4, -0.2) is 0 Å². The summed E-state index contributed by atoms with van der Waals surface area (Å²) in [6.45, 7) is 3.52. The van der Waals surface area contributed by atoms with Crippen LogP contribution in [0.2, 0.25) is 0 Å². The molecule has 0 nitrogen and oxygen atoms in total. The minimum absolute atomic E-state index is 1.08. The fourth-order valence-electron chi connectivity index (χ4n) is 2.26. The molecule has 0 atom stereocenters. The minimum atomic E-state index is 1.08. The Balaban J connectivity index is 2.47. The van der Waals surface area contributed by atoms with Gasteiger partial charge in [-0.1, -0.05) is 60.0 Å². The lowest BCUT2D eigenvalue weighted by molar-refractivity contribution is 1.65. The molecule has 0 saturated heterocycles. The third-order valence-corrected chi connectivity index (χ3v) is 2.96. The second-order valence-electron chi connectivity index (χ2n) is 3.89. The van der Waals surface area contributed by atoms with Crippen LogP contribution in [0.5, 0.6) is 0 Å². The van der Waals surface area contributed by atoms with Crippen LogP contribution in [-0.2, 0) is 0 Å². The highest BCUT2D eigenvalue weighted by atomic mass is 14.2. The van der Waals surface area contributed by atoms with Crippen LogP contribution in [0.3, 0.4) is 0 Å². The van der Waals surface area contributed by atoms with E-state index >= 15 is 0 Å². The second-order valence-corrected chi connectivity index (χ2v) is 3.89. The van der Waals surface area contributed by atoms with Gasteiger partial charge in [-0.15, -0.1) is 0 Å². The summed E-state index contributed by atoms with van der Waals surface area (Å²) in [5.74, 6) is 0. The molecule has 2 aromatic carbocycles. The quantitative estimate of drug-likeness (QED) is 0.492. The van der Waals surface area contributed by atoms with Crippen LogP contribution >= 0.6 is 0 Å². The van der Waals surface area contributed by atoms with E-state index < -0.39 is 0 Å². The van der Waals surface area contributed by atoms with Crippen molar-refractivity contribution in [1.29, 1.82) is 0 Å². The van der Waals surface area contributed by atoms with Gasteiger partial charge in [-0.2, -0.15) is 0 Å². The van der Waals surface area contributed by atoms with Gasteiger partial charge in [-0.3, -0.25) is 0 Å². The maximum atomic E-state index is 3.52. The van der Waals surface area contributed by atoms with Crippen LogP contribution in [0.1, 0.15) is 11.1 Å². The van der Waals surface area contributed by atoms with Crippen LogP contribution in [0.4, 0.5) is 0 Å². The smallest absolute Gasteiger partial charge is 0.0412 e. The molecule has 1 aliphatic carbocycles. The van der Waals surface area contributed by atoms with Gasteiger partial charge in [0, 0.05) is 5.57 Å². The molecule has 0 amide bonds. The Morgan fingerprint density at radius 3 is 1.65 bits per heavy atom. The normalized spacial score (nSPS) is 10.9. The number of benzene rings is 2. The van der Waals surface area contributed by atoms with Gasteiger partial charge in [0.2, 0.25) is 0 Å². The number of hydrogen-bond donors (Lipinski definition) is 0. The lowest BCUT2D eigenvalue weighted by Gasteiger charge is -1.97. The van der Waals surface area contributed by atoms with Crippen LogP contribution in [0, 0.1) is 0 Å². The maximum absolute atomic E-state index is 3.52. The van der Waals surface area contributed by atoms with Crippen molar-refractivity contribution in [2.24, 2.45) is 0 Å². The first-order valence-electron chi connectivity index (χ1n) is 5.51. The number of fused-ring (bicyclic) bond motifs is 3. The van der Waals surface area contributed by atoms with Crippen molar-refractivity contribution in [1.82, 2.24) is 0 Å². The molecule has 0 spiro atoms. The molecule has 0 bridgehead atoms. The Bertz CT molecular complexity index is 668. The summed E-state index contributed by atoms with van der Waals surface area (Å²) in [7, 11) is 0. The SMILES string of the molecule is C=C=C=C=C1c2ccccc2-c2ccccc21. The largest absolute Gasteiger partial charge is 0.0693 e. The summed E-state index contributed by atoms with van der Waals surface area (Å²) in [6.07, 6.45) is 0. The average molecular weight is 214 g/mol. The van der Waals surface area contributed by atoms with Crippen molar-refractivity contribution in [3.05, 3.63) is 83.4 Å². The Hall–Kier alpha value is -2.48. The Labute approximate surface area is 101 Å². The molecule has 0 heteroatoms. The predicted molar refractivity (Wildman–Crippen MR) is 70.6 cm³/mol. The summed E-state index contributed by atoms with van der Waals surface area (Å²) < 4.78 is 0.